The third-order valence-corrected chi connectivity index (χ3v) is 1.58. The Bertz CT molecular complexity index is 166. The lowest BCUT2D eigenvalue weighted by atomic mass is 10.4. The third kappa shape index (κ3) is 9.28. The SMILES string of the molecule is CCCOC(=O)NCCC[N+](C)(C)[O-]. The van der Waals surface area contributed by atoms with Crippen LogP contribution in [0.5, 0.6) is 0 Å². The van der Waals surface area contributed by atoms with Gasteiger partial charge in [-0.2, -0.15) is 0 Å². The molecule has 0 aliphatic carbocycles. The molecule has 14 heavy (non-hydrogen) atoms. The van der Waals surface area contributed by atoms with Gasteiger partial charge >= 0.3 is 6.09 Å². The summed E-state index contributed by atoms with van der Waals surface area (Å²) in [7, 11) is 3.16. The highest BCUT2D eigenvalue weighted by molar-refractivity contribution is 5.66. The average Bonchev–Trinajstić information content (AvgIpc) is 2.07. The van der Waals surface area contributed by atoms with Gasteiger partial charge in [0, 0.05) is 13.0 Å². The third-order valence-electron chi connectivity index (χ3n) is 1.58. The van der Waals surface area contributed by atoms with E-state index in [9.17, 15) is 10.0 Å². The summed E-state index contributed by atoms with van der Waals surface area (Å²) in [6.45, 7) is 3.36. The van der Waals surface area contributed by atoms with Crippen LogP contribution >= 0.6 is 0 Å². The van der Waals surface area contributed by atoms with Gasteiger partial charge in [-0.25, -0.2) is 4.79 Å². The van der Waals surface area contributed by atoms with E-state index in [-0.39, 0.29) is 4.65 Å². The number of carbonyl (C=O) groups excluding carboxylic acids is 1. The molecule has 0 aromatic carbocycles. The molecule has 5 nitrogen and oxygen atoms in total. The summed E-state index contributed by atoms with van der Waals surface area (Å²) in [5.41, 5.74) is 0. The summed E-state index contributed by atoms with van der Waals surface area (Å²) in [6, 6.07) is 0. The van der Waals surface area contributed by atoms with E-state index < -0.39 is 6.09 Å². The summed E-state index contributed by atoms with van der Waals surface area (Å²) < 4.78 is 4.46. The number of rotatable bonds is 6. The largest absolute Gasteiger partial charge is 0.633 e. The van der Waals surface area contributed by atoms with Crippen molar-refractivity contribution >= 4 is 6.09 Å². The topological polar surface area (TPSA) is 61.4 Å². The molecule has 1 N–H and O–H groups in total. The molecule has 0 rings (SSSR count). The minimum atomic E-state index is -0.400. The van der Waals surface area contributed by atoms with Crippen LogP contribution in [0, 0.1) is 5.21 Å². The van der Waals surface area contributed by atoms with Gasteiger partial charge in [0.15, 0.2) is 0 Å². The molecule has 0 heterocycles. The number of ether oxygens (including phenoxy) is 1. The lowest BCUT2D eigenvalue weighted by molar-refractivity contribution is -0.840. The monoisotopic (exact) mass is 204 g/mol. The van der Waals surface area contributed by atoms with Gasteiger partial charge in [-0.1, -0.05) is 6.92 Å². The average molecular weight is 204 g/mol. The number of hydrogen-bond donors (Lipinski definition) is 1. The van der Waals surface area contributed by atoms with Crippen LogP contribution in [0.4, 0.5) is 4.79 Å². The summed E-state index contributed by atoms with van der Waals surface area (Å²) in [5.74, 6) is 0. The molecule has 0 unspecified atom stereocenters. The van der Waals surface area contributed by atoms with E-state index in [1.54, 1.807) is 14.1 Å². The Labute approximate surface area is 85.2 Å². The molecule has 0 saturated carbocycles. The summed E-state index contributed by atoms with van der Waals surface area (Å²) >= 11 is 0. The number of nitrogens with zero attached hydrogens (tertiary/aromatic N) is 1. The van der Waals surface area contributed by atoms with Crippen LogP contribution < -0.4 is 5.32 Å². The predicted molar refractivity (Wildman–Crippen MR) is 54.6 cm³/mol. The number of hydroxylamine groups is 3. The first-order chi connectivity index (χ1) is 6.45. The second-order valence-electron chi connectivity index (χ2n) is 3.71. The molecule has 0 aliphatic heterocycles. The number of carbonyl (C=O) groups is 1. The molecular formula is C9H20N2O3. The fourth-order valence-corrected chi connectivity index (χ4v) is 0.896. The van der Waals surface area contributed by atoms with Gasteiger partial charge in [0.2, 0.25) is 0 Å². The van der Waals surface area contributed by atoms with Crippen molar-refractivity contribution in [1.82, 2.24) is 5.32 Å². The second-order valence-corrected chi connectivity index (χ2v) is 3.71. The minimum Gasteiger partial charge on any atom is -0.633 e. The molecule has 0 saturated heterocycles. The molecule has 0 aliphatic rings. The molecule has 0 aromatic rings. The van der Waals surface area contributed by atoms with Gasteiger partial charge < -0.3 is 19.9 Å². The van der Waals surface area contributed by atoms with E-state index in [0.717, 1.165) is 6.42 Å². The predicted octanol–water partition coefficient (Wildman–Crippen LogP) is 1.09. The number of nitrogens with one attached hydrogen (secondary N) is 1. The van der Waals surface area contributed by atoms with Crippen LogP contribution in [0.3, 0.4) is 0 Å². The van der Waals surface area contributed by atoms with Crippen molar-refractivity contribution in [3.05, 3.63) is 5.21 Å². The molecule has 0 aromatic heterocycles. The van der Waals surface area contributed by atoms with Gasteiger partial charge in [-0.3, -0.25) is 0 Å². The second kappa shape index (κ2) is 6.62. The van der Waals surface area contributed by atoms with Crippen molar-refractivity contribution < 1.29 is 14.2 Å². The van der Waals surface area contributed by atoms with Crippen molar-refractivity contribution in [2.24, 2.45) is 0 Å². The van der Waals surface area contributed by atoms with E-state index >= 15 is 0 Å². The Kier molecular flexibility index (Phi) is 6.23. The normalized spacial score (nSPS) is 11.1. The molecular weight excluding hydrogens is 184 g/mol. The first kappa shape index (κ1) is 13.2. The Balaban J connectivity index is 3.32. The highest BCUT2D eigenvalue weighted by Gasteiger charge is 2.03. The molecule has 84 valence electrons. The summed E-state index contributed by atoms with van der Waals surface area (Å²) in [5, 5.41) is 13.7. The van der Waals surface area contributed by atoms with Gasteiger partial charge in [-0.15, -0.1) is 0 Å². The van der Waals surface area contributed by atoms with Crippen molar-refractivity contribution in [1.29, 1.82) is 0 Å². The molecule has 0 radical (unpaired) electrons. The van der Waals surface area contributed by atoms with E-state index in [0.29, 0.717) is 26.1 Å². The van der Waals surface area contributed by atoms with E-state index in [4.69, 9.17) is 4.74 Å². The van der Waals surface area contributed by atoms with Gasteiger partial charge in [0.1, 0.15) is 0 Å². The molecule has 0 spiro atoms. The van der Waals surface area contributed by atoms with Crippen molar-refractivity contribution in [2.75, 3.05) is 33.8 Å². The van der Waals surface area contributed by atoms with Gasteiger partial charge in [0.05, 0.1) is 27.2 Å². The molecule has 0 atom stereocenters. The highest BCUT2D eigenvalue weighted by Crippen LogP contribution is 1.93. The summed E-state index contributed by atoms with van der Waals surface area (Å²) in [6.07, 6.45) is 1.08. The lowest BCUT2D eigenvalue weighted by Gasteiger charge is -2.33. The fourth-order valence-electron chi connectivity index (χ4n) is 0.896. The smallest absolute Gasteiger partial charge is 0.407 e. The maximum atomic E-state index is 11.1. The Morgan fingerprint density at radius 2 is 2.14 bits per heavy atom. The van der Waals surface area contributed by atoms with Crippen LogP contribution in [0.15, 0.2) is 0 Å². The van der Waals surface area contributed by atoms with Crippen LogP contribution in [0.1, 0.15) is 19.8 Å². The number of quaternary nitrogens is 1. The van der Waals surface area contributed by atoms with Gasteiger partial charge in [0.25, 0.3) is 0 Å². The van der Waals surface area contributed by atoms with Crippen LogP contribution in [-0.2, 0) is 4.74 Å². The minimum absolute atomic E-state index is 0.328. The summed E-state index contributed by atoms with van der Waals surface area (Å²) in [4.78, 5) is 10.9. The zero-order valence-electron chi connectivity index (χ0n) is 9.21. The van der Waals surface area contributed by atoms with Crippen molar-refractivity contribution in [3.63, 3.8) is 0 Å². The lowest BCUT2D eigenvalue weighted by Crippen LogP contribution is -2.35. The fraction of sp³-hybridized carbons (Fsp3) is 0.889. The first-order valence-electron chi connectivity index (χ1n) is 4.90. The van der Waals surface area contributed by atoms with E-state index in [1.807, 2.05) is 6.92 Å². The quantitative estimate of drug-likeness (QED) is 0.400. The van der Waals surface area contributed by atoms with Crippen LogP contribution in [0.2, 0.25) is 0 Å². The molecule has 0 fully saturated rings. The van der Waals surface area contributed by atoms with Gasteiger partial charge in [-0.05, 0) is 6.42 Å². The molecule has 5 heteroatoms. The number of hydrogen-bond acceptors (Lipinski definition) is 3. The Morgan fingerprint density at radius 1 is 1.50 bits per heavy atom. The first-order valence-corrected chi connectivity index (χ1v) is 4.90. The van der Waals surface area contributed by atoms with E-state index in [1.165, 1.54) is 0 Å². The Morgan fingerprint density at radius 3 is 2.64 bits per heavy atom. The van der Waals surface area contributed by atoms with Crippen LogP contribution in [0.25, 0.3) is 0 Å². The number of amides is 1. The van der Waals surface area contributed by atoms with Crippen molar-refractivity contribution in [2.45, 2.75) is 19.8 Å². The maximum Gasteiger partial charge on any atom is 0.407 e. The molecule has 0 bridgehead atoms. The zero-order chi connectivity index (χ0) is 11.0. The van der Waals surface area contributed by atoms with E-state index in [2.05, 4.69) is 5.32 Å². The maximum absolute atomic E-state index is 11.1. The Hall–Kier alpha value is -0.810. The number of alkyl carbamates (subject to hydrolysis) is 1. The molecule has 1 amide bonds. The van der Waals surface area contributed by atoms with Crippen LogP contribution in [-0.4, -0.2) is 44.5 Å². The highest BCUT2D eigenvalue weighted by atomic mass is 16.5. The van der Waals surface area contributed by atoms with Crippen molar-refractivity contribution in [3.8, 4) is 0 Å². The zero-order valence-corrected chi connectivity index (χ0v) is 9.21. The standard InChI is InChI=1S/C9H20N2O3/c1-4-8-14-9(12)10-6-5-7-11(2,3)13/h4-8H2,1-3H3,(H,10,12).